The van der Waals surface area contributed by atoms with Crippen LogP contribution in [0.2, 0.25) is 0 Å². The van der Waals surface area contributed by atoms with Crippen LogP contribution in [0.4, 0.5) is 5.82 Å². The molecule has 1 aliphatic heterocycles. The molecular formula is C11H17N3S. The minimum absolute atomic E-state index is 0.598. The molecule has 1 saturated heterocycles. The van der Waals surface area contributed by atoms with Gasteiger partial charge in [-0.3, -0.25) is 4.90 Å². The molecule has 1 aliphatic rings. The lowest BCUT2D eigenvalue weighted by Crippen LogP contribution is -2.36. The molecule has 0 radical (unpaired) electrons. The van der Waals surface area contributed by atoms with Crippen LogP contribution in [0.3, 0.4) is 0 Å². The Labute approximate surface area is 95.1 Å². The van der Waals surface area contributed by atoms with Crippen LogP contribution in [0.15, 0.2) is 18.3 Å². The van der Waals surface area contributed by atoms with E-state index in [2.05, 4.69) is 34.6 Å². The van der Waals surface area contributed by atoms with Crippen molar-refractivity contribution >= 4 is 17.6 Å². The molecule has 1 aromatic rings. The molecule has 1 unspecified atom stereocenters. The summed E-state index contributed by atoms with van der Waals surface area (Å²) in [6, 6.07) is 3.94. The standard InChI is InChI=1S/C11H17N3S/c1-9-7-14(4-5-15-9)8-10-2-3-11(12)13-6-10/h2-3,6,9H,4-5,7-8H2,1H3,(H2,12,13). The molecule has 2 heterocycles. The maximum absolute atomic E-state index is 5.55. The average Bonchev–Trinajstić information content (AvgIpc) is 2.22. The van der Waals surface area contributed by atoms with Gasteiger partial charge in [0.2, 0.25) is 0 Å². The Morgan fingerprint density at radius 3 is 3.13 bits per heavy atom. The third-order valence-corrected chi connectivity index (χ3v) is 3.72. The molecule has 0 bridgehead atoms. The second-order valence-electron chi connectivity index (χ2n) is 4.01. The van der Waals surface area contributed by atoms with Crippen molar-refractivity contribution < 1.29 is 0 Å². The second-order valence-corrected chi connectivity index (χ2v) is 5.55. The Morgan fingerprint density at radius 1 is 1.60 bits per heavy atom. The predicted octanol–water partition coefficient (Wildman–Crippen LogP) is 1.60. The van der Waals surface area contributed by atoms with Gasteiger partial charge in [0.25, 0.3) is 0 Å². The maximum atomic E-state index is 5.55. The zero-order valence-electron chi connectivity index (χ0n) is 9.02. The number of nitrogens with zero attached hydrogens (tertiary/aromatic N) is 2. The van der Waals surface area contributed by atoms with E-state index in [9.17, 15) is 0 Å². The number of nitrogen functional groups attached to an aromatic ring is 1. The number of pyridine rings is 1. The highest BCUT2D eigenvalue weighted by atomic mass is 32.2. The van der Waals surface area contributed by atoms with E-state index >= 15 is 0 Å². The summed E-state index contributed by atoms with van der Waals surface area (Å²) in [6.07, 6.45) is 1.88. The first-order valence-electron chi connectivity index (χ1n) is 5.28. The van der Waals surface area contributed by atoms with E-state index < -0.39 is 0 Å². The van der Waals surface area contributed by atoms with Crippen LogP contribution in [0, 0.1) is 0 Å². The summed E-state index contributed by atoms with van der Waals surface area (Å²) in [4.78, 5) is 6.59. The highest BCUT2D eigenvalue weighted by Crippen LogP contribution is 2.19. The summed E-state index contributed by atoms with van der Waals surface area (Å²) in [5.41, 5.74) is 6.81. The van der Waals surface area contributed by atoms with Gasteiger partial charge in [-0.1, -0.05) is 13.0 Å². The van der Waals surface area contributed by atoms with Crippen LogP contribution >= 0.6 is 11.8 Å². The van der Waals surface area contributed by atoms with Crippen LogP contribution in [0.5, 0.6) is 0 Å². The maximum Gasteiger partial charge on any atom is 0.123 e. The molecule has 82 valence electrons. The van der Waals surface area contributed by atoms with Crippen LogP contribution in [-0.2, 0) is 6.54 Å². The van der Waals surface area contributed by atoms with E-state index in [4.69, 9.17) is 5.73 Å². The molecule has 0 aromatic carbocycles. The number of anilines is 1. The summed E-state index contributed by atoms with van der Waals surface area (Å²) < 4.78 is 0. The van der Waals surface area contributed by atoms with Crippen molar-refractivity contribution in [1.29, 1.82) is 0 Å². The van der Waals surface area contributed by atoms with Crippen molar-refractivity contribution in [2.45, 2.75) is 18.7 Å². The van der Waals surface area contributed by atoms with Gasteiger partial charge in [-0.05, 0) is 11.6 Å². The van der Waals surface area contributed by atoms with Crippen molar-refractivity contribution in [3.63, 3.8) is 0 Å². The summed E-state index contributed by atoms with van der Waals surface area (Å²) in [7, 11) is 0. The van der Waals surface area contributed by atoms with Gasteiger partial charge in [-0.15, -0.1) is 0 Å². The van der Waals surface area contributed by atoms with Crippen molar-refractivity contribution in [2.75, 3.05) is 24.6 Å². The SMILES string of the molecule is CC1CN(Cc2ccc(N)nc2)CCS1. The van der Waals surface area contributed by atoms with Gasteiger partial charge in [-0.25, -0.2) is 4.98 Å². The fourth-order valence-electron chi connectivity index (χ4n) is 1.82. The Hall–Kier alpha value is -0.740. The molecule has 0 spiro atoms. The van der Waals surface area contributed by atoms with E-state index in [1.807, 2.05) is 12.3 Å². The fourth-order valence-corrected chi connectivity index (χ4v) is 2.90. The lowest BCUT2D eigenvalue weighted by atomic mass is 10.2. The van der Waals surface area contributed by atoms with Crippen molar-refractivity contribution in [2.24, 2.45) is 0 Å². The monoisotopic (exact) mass is 223 g/mol. The zero-order chi connectivity index (χ0) is 10.7. The second kappa shape index (κ2) is 4.86. The van der Waals surface area contributed by atoms with Crippen LogP contribution in [0.25, 0.3) is 0 Å². The van der Waals surface area contributed by atoms with Gasteiger partial charge in [0.05, 0.1) is 0 Å². The first kappa shape index (κ1) is 10.8. The summed E-state index contributed by atoms with van der Waals surface area (Å²) in [5, 5.41) is 0.750. The molecular weight excluding hydrogens is 206 g/mol. The molecule has 0 amide bonds. The quantitative estimate of drug-likeness (QED) is 0.827. The molecule has 1 aromatic heterocycles. The average molecular weight is 223 g/mol. The van der Waals surface area contributed by atoms with Gasteiger partial charge in [-0.2, -0.15) is 11.8 Å². The van der Waals surface area contributed by atoms with E-state index in [-0.39, 0.29) is 0 Å². The van der Waals surface area contributed by atoms with Gasteiger partial charge in [0.1, 0.15) is 5.82 Å². The van der Waals surface area contributed by atoms with Crippen LogP contribution < -0.4 is 5.73 Å². The molecule has 4 heteroatoms. The van der Waals surface area contributed by atoms with E-state index in [1.165, 1.54) is 24.4 Å². The lowest BCUT2D eigenvalue weighted by molar-refractivity contribution is 0.278. The Balaban J connectivity index is 1.93. The normalized spacial score (nSPS) is 22.9. The predicted molar refractivity (Wildman–Crippen MR) is 65.8 cm³/mol. The number of nitrogens with two attached hydrogens (primary N) is 1. The number of hydrogen-bond acceptors (Lipinski definition) is 4. The number of aromatic nitrogens is 1. The Morgan fingerprint density at radius 2 is 2.47 bits per heavy atom. The lowest BCUT2D eigenvalue weighted by Gasteiger charge is -2.30. The minimum atomic E-state index is 0.598. The highest BCUT2D eigenvalue weighted by molar-refractivity contribution is 7.99. The number of hydrogen-bond donors (Lipinski definition) is 1. The summed E-state index contributed by atoms with van der Waals surface area (Å²) in [5.74, 6) is 1.84. The largest absolute Gasteiger partial charge is 0.384 e. The Bertz CT molecular complexity index is 312. The summed E-state index contributed by atoms with van der Waals surface area (Å²) >= 11 is 2.06. The third-order valence-electron chi connectivity index (χ3n) is 2.58. The fraction of sp³-hybridized carbons (Fsp3) is 0.545. The summed E-state index contributed by atoms with van der Waals surface area (Å²) in [6.45, 7) is 5.64. The minimum Gasteiger partial charge on any atom is -0.384 e. The molecule has 2 N–H and O–H groups in total. The zero-order valence-corrected chi connectivity index (χ0v) is 9.83. The number of thioether (sulfide) groups is 1. The van der Waals surface area contributed by atoms with E-state index in [0.29, 0.717) is 5.82 Å². The first-order valence-corrected chi connectivity index (χ1v) is 6.33. The van der Waals surface area contributed by atoms with Gasteiger partial charge in [0.15, 0.2) is 0 Å². The molecule has 1 fully saturated rings. The number of rotatable bonds is 2. The highest BCUT2D eigenvalue weighted by Gasteiger charge is 2.16. The van der Waals surface area contributed by atoms with E-state index in [0.717, 1.165) is 11.8 Å². The molecule has 2 rings (SSSR count). The molecule has 3 nitrogen and oxygen atoms in total. The molecule has 0 saturated carbocycles. The van der Waals surface area contributed by atoms with Gasteiger partial charge in [0, 0.05) is 36.8 Å². The molecule has 15 heavy (non-hydrogen) atoms. The molecule has 1 atom stereocenters. The first-order chi connectivity index (χ1) is 7.24. The molecule has 0 aliphatic carbocycles. The van der Waals surface area contributed by atoms with Gasteiger partial charge >= 0.3 is 0 Å². The van der Waals surface area contributed by atoms with Crippen LogP contribution in [0.1, 0.15) is 12.5 Å². The smallest absolute Gasteiger partial charge is 0.123 e. The van der Waals surface area contributed by atoms with E-state index in [1.54, 1.807) is 0 Å². The topological polar surface area (TPSA) is 42.1 Å². The Kier molecular flexibility index (Phi) is 3.49. The van der Waals surface area contributed by atoms with Crippen molar-refractivity contribution in [3.8, 4) is 0 Å². The van der Waals surface area contributed by atoms with Gasteiger partial charge < -0.3 is 5.73 Å². The van der Waals surface area contributed by atoms with Crippen molar-refractivity contribution in [1.82, 2.24) is 9.88 Å². The van der Waals surface area contributed by atoms with Crippen LogP contribution in [-0.4, -0.2) is 34.0 Å². The third kappa shape index (κ3) is 3.11. The van der Waals surface area contributed by atoms with Crippen molar-refractivity contribution in [3.05, 3.63) is 23.9 Å².